The number of benzene rings is 1. The van der Waals surface area contributed by atoms with Crippen LogP contribution >= 0.6 is 11.3 Å². The van der Waals surface area contributed by atoms with Gasteiger partial charge in [-0.1, -0.05) is 12.1 Å². The van der Waals surface area contributed by atoms with Crippen molar-refractivity contribution in [3.63, 3.8) is 0 Å². The van der Waals surface area contributed by atoms with Gasteiger partial charge in [-0.05, 0) is 38.8 Å². The maximum atomic E-state index is 10.2. The van der Waals surface area contributed by atoms with E-state index >= 15 is 0 Å². The highest BCUT2D eigenvalue weighted by atomic mass is 32.1. The summed E-state index contributed by atoms with van der Waals surface area (Å²) in [6.45, 7) is 3.61. The maximum absolute atomic E-state index is 10.2. The van der Waals surface area contributed by atoms with Gasteiger partial charge < -0.3 is 21.3 Å². The van der Waals surface area contributed by atoms with Crippen molar-refractivity contribution in [1.82, 2.24) is 15.0 Å². The van der Waals surface area contributed by atoms with Crippen LogP contribution in [0.4, 0.5) is 11.8 Å². The van der Waals surface area contributed by atoms with E-state index in [-0.39, 0.29) is 17.9 Å². The zero-order valence-corrected chi connectivity index (χ0v) is 16.1. The Morgan fingerprint density at radius 3 is 2.70 bits per heavy atom. The molecule has 2 aromatic heterocycles. The highest BCUT2D eigenvalue weighted by molar-refractivity contribution is 7.21. The first-order valence-electron chi connectivity index (χ1n) is 9.05. The van der Waals surface area contributed by atoms with Gasteiger partial charge in [-0.25, -0.2) is 9.97 Å². The SMILES string of the molecule is Cc1nc(N)nc(NC2CC(O)C(C(C)O)C2)c1-c1nc2ccccc2s1. The number of aromatic nitrogens is 3. The van der Waals surface area contributed by atoms with Gasteiger partial charge in [0, 0.05) is 12.0 Å². The minimum absolute atomic E-state index is 0.00132. The van der Waals surface area contributed by atoms with Gasteiger partial charge in [-0.2, -0.15) is 4.98 Å². The van der Waals surface area contributed by atoms with Crippen LogP contribution in [0, 0.1) is 12.8 Å². The first kappa shape index (κ1) is 18.1. The normalized spacial score (nSPS) is 23.6. The number of para-hydroxylation sites is 1. The average Bonchev–Trinajstić information content (AvgIpc) is 3.17. The maximum Gasteiger partial charge on any atom is 0.222 e. The van der Waals surface area contributed by atoms with Gasteiger partial charge in [0.1, 0.15) is 10.8 Å². The van der Waals surface area contributed by atoms with E-state index in [1.807, 2.05) is 31.2 Å². The number of nitrogens with two attached hydrogens (primary N) is 1. The number of fused-ring (bicyclic) bond motifs is 1. The Morgan fingerprint density at radius 2 is 2.00 bits per heavy atom. The van der Waals surface area contributed by atoms with Gasteiger partial charge in [-0.3, -0.25) is 0 Å². The lowest BCUT2D eigenvalue weighted by atomic mass is 10.00. The highest BCUT2D eigenvalue weighted by Crippen LogP contribution is 2.38. The van der Waals surface area contributed by atoms with E-state index in [1.54, 1.807) is 18.3 Å². The zero-order valence-electron chi connectivity index (χ0n) is 15.3. The van der Waals surface area contributed by atoms with E-state index < -0.39 is 12.2 Å². The standard InChI is InChI=1S/C19H23N5O2S/c1-9-16(18-23-13-5-3-4-6-15(13)27-18)17(24-19(20)21-9)22-11-7-12(10(2)25)14(26)8-11/h3-6,10-12,14,25-26H,7-8H2,1-2H3,(H3,20,21,22,24). The number of nitrogens with one attached hydrogen (secondary N) is 1. The van der Waals surface area contributed by atoms with Gasteiger partial charge in [0.25, 0.3) is 0 Å². The van der Waals surface area contributed by atoms with Crippen LogP contribution in [0.3, 0.4) is 0 Å². The molecule has 0 radical (unpaired) electrons. The molecule has 1 aliphatic rings. The molecule has 4 unspecified atom stereocenters. The molecule has 4 rings (SSSR count). The number of hydrogen-bond acceptors (Lipinski definition) is 8. The van der Waals surface area contributed by atoms with Gasteiger partial charge in [0.15, 0.2) is 0 Å². The predicted molar refractivity (Wildman–Crippen MR) is 108 cm³/mol. The molecule has 0 amide bonds. The molecule has 1 aromatic carbocycles. The Hall–Kier alpha value is -2.29. The van der Waals surface area contributed by atoms with E-state index in [2.05, 4.69) is 15.3 Å². The third kappa shape index (κ3) is 3.47. The van der Waals surface area contributed by atoms with Crippen LogP contribution in [0.5, 0.6) is 0 Å². The number of aliphatic hydroxyl groups excluding tert-OH is 2. The van der Waals surface area contributed by atoms with Gasteiger partial charge in [0.2, 0.25) is 5.95 Å². The quantitative estimate of drug-likeness (QED) is 0.545. The average molecular weight is 385 g/mol. The molecule has 1 saturated carbocycles. The summed E-state index contributed by atoms with van der Waals surface area (Å²) in [4.78, 5) is 13.5. The Bertz CT molecular complexity index is 941. The summed E-state index contributed by atoms with van der Waals surface area (Å²) in [5, 5.41) is 24.3. The molecule has 0 saturated heterocycles. The number of thiazole rings is 1. The second-order valence-corrected chi connectivity index (χ2v) is 8.19. The second-order valence-electron chi connectivity index (χ2n) is 7.16. The smallest absolute Gasteiger partial charge is 0.222 e. The summed E-state index contributed by atoms with van der Waals surface area (Å²) < 4.78 is 1.10. The van der Waals surface area contributed by atoms with Crippen molar-refractivity contribution in [3.05, 3.63) is 30.0 Å². The van der Waals surface area contributed by atoms with Crippen LogP contribution in [0.2, 0.25) is 0 Å². The summed E-state index contributed by atoms with van der Waals surface area (Å²) in [5.41, 5.74) is 8.42. The molecule has 1 aliphatic carbocycles. The lowest BCUT2D eigenvalue weighted by Gasteiger charge is -2.18. The Morgan fingerprint density at radius 1 is 1.22 bits per heavy atom. The summed E-state index contributed by atoms with van der Waals surface area (Å²) in [7, 11) is 0. The van der Waals surface area contributed by atoms with Crippen LogP contribution in [-0.4, -0.2) is 43.4 Å². The first-order valence-corrected chi connectivity index (χ1v) is 9.86. The Labute approximate surface area is 161 Å². The van der Waals surface area contributed by atoms with Crippen molar-refractivity contribution in [3.8, 4) is 10.6 Å². The first-order chi connectivity index (χ1) is 12.9. The molecule has 0 spiro atoms. The molecule has 4 atom stereocenters. The number of rotatable bonds is 4. The van der Waals surface area contributed by atoms with Crippen LogP contribution < -0.4 is 11.1 Å². The molecule has 8 heteroatoms. The zero-order chi connectivity index (χ0) is 19.1. The monoisotopic (exact) mass is 385 g/mol. The Balaban J connectivity index is 1.71. The molecule has 27 heavy (non-hydrogen) atoms. The summed E-state index contributed by atoms with van der Waals surface area (Å²) in [6, 6.07) is 7.98. The van der Waals surface area contributed by atoms with Crippen LogP contribution in [-0.2, 0) is 0 Å². The summed E-state index contributed by atoms with van der Waals surface area (Å²) in [5.74, 6) is 0.682. The minimum Gasteiger partial charge on any atom is -0.393 e. The van der Waals surface area contributed by atoms with E-state index in [9.17, 15) is 10.2 Å². The third-order valence-electron chi connectivity index (χ3n) is 5.15. The van der Waals surface area contributed by atoms with Crippen LogP contribution in [0.25, 0.3) is 20.8 Å². The van der Waals surface area contributed by atoms with Crippen molar-refractivity contribution in [1.29, 1.82) is 0 Å². The second kappa shape index (κ2) is 7.03. The van der Waals surface area contributed by atoms with Crippen molar-refractivity contribution in [2.75, 3.05) is 11.1 Å². The van der Waals surface area contributed by atoms with Crippen molar-refractivity contribution >= 4 is 33.3 Å². The Kier molecular flexibility index (Phi) is 4.71. The molecule has 3 aromatic rings. The number of aliphatic hydroxyl groups is 2. The van der Waals surface area contributed by atoms with Crippen LogP contribution in [0.15, 0.2) is 24.3 Å². The number of anilines is 2. The number of nitrogens with zero attached hydrogens (tertiary/aromatic N) is 3. The molecule has 5 N–H and O–H groups in total. The topological polar surface area (TPSA) is 117 Å². The highest BCUT2D eigenvalue weighted by Gasteiger charge is 2.36. The molecule has 0 aliphatic heterocycles. The van der Waals surface area contributed by atoms with Crippen molar-refractivity contribution in [2.45, 2.75) is 44.9 Å². The summed E-state index contributed by atoms with van der Waals surface area (Å²) in [6.07, 6.45) is 0.139. The number of aryl methyl sites for hydroxylation is 1. The van der Waals surface area contributed by atoms with E-state index in [1.165, 1.54) is 0 Å². The third-order valence-corrected chi connectivity index (χ3v) is 6.21. The van der Waals surface area contributed by atoms with Gasteiger partial charge in [0.05, 0.1) is 33.7 Å². The molecular weight excluding hydrogens is 362 g/mol. The van der Waals surface area contributed by atoms with Crippen molar-refractivity contribution < 1.29 is 10.2 Å². The molecule has 7 nitrogen and oxygen atoms in total. The fraction of sp³-hybridized carbons (Fsp3) is 0.421. The molecule has 142 valence electrons. The molecular formula is C19H23N5O2S. The molecule has 0 bridgehead atoms. The number of nitrogen functional groups attached to an aromatic ring is 1. The number of hydrogen-bond donors (Lipinski definition) is 4. The fourth-order valence-electron chi connectivity index (χ4n) is 3.81. The van der Waals surface area contributed by atoms with Gasteiger partial charge in [-0.15, -0.1) is 11.3 Å². The lowest BCUT2D eigenvalue weighted by Crippen LogP contribution is -2.24. The van der Waals surface area contributed by atoms with E-state index in [0.717, 1.165) is 26.5 Å². The van der Waals surface area contributed by atoms with E-state index in [4.69, 9.17) is 10.7 Å². The lowest BCUT2D eigenvalue weighted by molar-refractivity contribution is 0.0420. The van der Waals surface area contributed by atoms with Gasteiger partial charge >= 0.3 is 0 Å². The summed E-state index contributed by atoms with van der Waals surface area (Å²) >= 11 is 1.59. The van der Waals surface area contributed by atoms with E-state index in [0.29, 0.717) is 18.7 Å². The largest absolute Gasteiger partial charge is 0.393 e. The van der Waals surface area contributed by atoms with Crippen LogP contribution in [0.1, 0.15) is 25.5 Å². The fourth-order valence-corrected chi connectivity index (χ4v) is 4.88. The van der Waals surface area contributed by atoms with Crippen molar-refractivity contribution in [2.24, 2.45) is 5.92 Å². The molecule has 2 heterocycles. The molecule has 1 fully saturated rings. The predicted octanol–water partition coefficient (Wildman–Crippen LogP) is 2.58. The minimum atomic E-state index is -0.548.